The van der Waals surface area contributed by atoms with Gasteiger partial charge in [0.05, 0.1) is 6.42 Å². The topological polar surface area (TPSA) is 55.8 Å². The highest BCUT2D eigenvalue weighted by molar-refractivity contribution is 5.70. The summed E-state index contributed by atoms with van der Waals surface area (Å²) in [6.07, 6.45) is 5.65. The summed E-state index contributed by atoms with van der Waals surface area (Å²) >= 11 is 0. The van der Waals surface area contributed by atoms with E-state index >= 15 is 0 Å². The zero-order valence-corrected chi connectivity index (χ0v) is 22.5. The molecular weight excluding hydrogens is 498 g/mol. The van der Waals surface area contributed by atoms with Gasteiger partial charge in [-0.3, -0.25) is 4.79 Å². The Morgan fingerprint density at radius 3 is 2.46 bits per heavy atom. The van der Waals surface area contributed by atoms with Crippen molar-refractivity contribution in [2.45, 2.75) is 77.4 Å². The molecule has 1 N–H and O–H groups in total. The van der Waals surface area contributed by atoms with Crippen LogP contribution in [0.1, 0.15) is 80.9 Å². The highest BCUT2D eigenvalue weighted by atomic mass is 19.3. The largest absolute Gasteiger partial charge is 0.489 e. The van der Waals surface area contributed by atoms with Crippen LogP contribution in [0.15, 0.2) is 66.7 Å². The number of rotatable bonds is 11. The highest BCUT2D eigenvalue weighted by Crippen LogP contribution is 2.51. The molecule has 2 aliphatic carbocycles. The number of hydrogen-bond acceptors (Lipinski definition) is 3. The monoisotopic (exact) mass is 534 g/mol. The van der Waals surface area contributed by atoms with Crippen molar-refractivity contribution in [1.82, 2.24) is 0 Å². The lowest BCUT2D eigenvalue weighted by atomic mass is 9.75. The van der Waals surface area contributed by atoms with E-state index in [1.165, 1.54) is 5.56 Å². The van der Waals surface area contributed by atoms with E-state index < -0.39 is 12.6 Å². The molecule has 0 spiro atoms. The van der Waals surface area contributed by atoms with Crippen LogP contribution >= 0.6 is 0 Å². The minimum atomic E-state index is -2.87. The molecule has 5 rings (SSSR count). The van der Waals surface area contributed by atoms with Crippen LogP contribution in [-0.4, -0.2) is 17.7 Å². The fourth-order valence-electron chi connectivity index (χ4n) is 6.24. The van der Waals surface area contributed by atoms with Gasteiger partial charge in [0.15, 0.2) is 0 Å². The molecule has 2 fully saturated rings. The van der Waals surface area contributed by atoms with Crippen molar-refractivity contribution in [1.29, 1.82) is 0 Å². The van der Waals surface area contributed by atoms with E-state index in [0.717, 1.165) is 60.1 Å². The summed E-state index contributed by atoms with van der Waals surface area (Å²) in [6.45, 7) is 2.11. The maximum atomic E-state index is 12.9. The molecule has 0 amide bonds. The van der Waals surface area contributed by atoms with Gasteiger partial charge < -0.3 is 14.6 Å². The van der Waals surface area contributed by atoms with Crippen molar-refractivity contribution in [2.75, 3.05) is 0 Å². The minimum Gasteiger partial charge on any atom is -0.489 e. The van der Waals surface area contributed by atoms with E-state index in [-0.39, 0.29) is 23.5 Å². The second-order valence-corrected chi connectivity index (χ2v) is 11.7. The van der Waals surface area contributed by atoms with Crippen LogP contribution in [0.4, 0.5) is 8.78 Å². The standard InChI is InChI=1S/C33H36F2O4/c1-33(2)15-5-10-30(33)29-16-21(11-14-27(29)23-6-4-9-26(18-23)39-32(34)35)20-38-25-8-3-7-24(17-25)28(19-31(36)37)22-12-13-22/h3-4,6-9,11,14,16-18,22,28,30,32H,5,10,12-13,15,19-20H2,1-2H3,(H,36,37)/t28-,30-/m0/s1. The number of halogens is 2. The van der Waals surface area contributed by atoms with Crippen molar-refractivity contribution < 1.29 is 28.2 Å². The molecular formula is C33H36F2O4. The van der Waals surface area contributed by atoms with Crippen LogP contribution < -0.4 is 9.47 Å². The second kappa shape index (κ2) is 11.4. The third-order valence-electron chi connectivity index (χ3n) is 8.40. The Balaban J connectivity index is 1.41. The second-order valence-electron chi connectivity index (χ2n) is 11.7. The first-order valence-electron chi connectivity index (χ1n) is 13.8. The van der Waals surface area contributed by atoms with Crippen LogP contribution in [0.25, 0.3) is 11.1 Å². The average molecular weight is 535 g/mol. The molecule has 0 heterocycles. The van der Waals surface area contributed by atoms with Gasteiger partial charge in [0.25, 0.3) is 0 Å². The quantitative estimate of drug-likeness (QED) is 0.267. The third kappa shape index (κ3) is 6.60. The maximum Gasteiger partial charge on any atom is 0.387 e. The molecule has 2 atom stereocenters. The first-order chi connectivity index (χ1) is 18.7. The highest BCUT2D eigenvalue weighted by Gasteiger charge is 2.37. The third-order valence-corrected chi connectivity index (χ3v) is 8.40. The first-order valence-corrected chi connectivity index (χ1v) is 13.8. The van der Waals surface area contributed by atoms with Crippen LogP contribution in [0.2, 0.25) is 0 Å². The Hall–Kier alpha value is -3.41. The number of carboxylic acid groups (broad SMARTS) is 1. The van der Waals surface area contributed by atoms with E-state index in [0.29, 0.717) is 18.4 Å². The van der Waals surface area contributed by atoms with Crippen molar-refractivity contribution in [2.24, 2.45) is 11.3 Å². The number of ether oxygens (including phenoxy) is 2. The summed E-state index contributed by atoms with van der Waals surface area (Å²) in [6, 6.07) is 21.1. The van der Waals surface area contributed by atoms with Gasteiger partial charge in [-0.05, 0) is 101 Å². The van der Waals surface area contributed by atoms with Crippen molar-refractivity contribution in [3.63, 3.8) is 0 Å². The lowest BCUT2D eigenvalue weighted by Gasteiger charge is -2.30. The fourth-order valence-corrected chi connectivity index (χ4v) is 6.24. The summed E-state index contributed by atoms with van der Waals surface area (Å²) in [5.41, 5.74) is 5.27. The number of carboxylic acids is 1. The Kier molecular flexibility index (Phi) is 7.92. The van der Waals surface area contributed by atoms with Crippen molar-refractivity contribution in [3.05, 3.63) is 83.4 Å². The molecule has 0 aliphatic heterocycles. The van der Waals surface area contributed by atoms with E-state index in [9.17, 15) is 18.7 Å². The molecule has 206 valence electrons. The van der Waals surface area contributed by atoms with E-state index in [4.69, 9.17) is 4.74 Å². The summed E-state index contributed by atoms with van der Waals surface area (Å²) in [5, 5.41) is 9.38. The summed E-state index contributed by atoms with van der Waals surface area (Å²) in [5.74, 6) is 0.904. The SMILES string of the molecule is CC1(C)CCC[C@H]1c1cc(COc2cccc([C@@H](CC(=O)O)C3CC3)c2)ccc1-c1cccc(OC(F)F)c1. The number of carbonyl (C=O) groups is 1. The predicted octanol–water partition coefficient (Wildman–Crippen LogP) is 8.80. The van der Waals surface area contributed by atoms with Crippen molar-refractivity contribution in [3.8, 4) is 22.6 Å². The van der Waals surface area contributed by atoms with Crippen LogP contribution in [0, 0.1) is 11.3 Å². The fraction of sp³-hybridized carbons (Fsp3) is 0.424. The average Bonchev–Trinajstić information content (AvgIpc) is 3.67. The minimum absolute atomic E-state index is 0.0198. The Bertz CT molecular complexity index is 1310. The van der Waals surface area contributed by atoms with E-state index in [1.807, 2.05) is 36.4 Å². The Labute approximate surface area is 229 Å². The lowest BCUT2D eigenvalue weighted by Crippen LogP contribution is -2.16. The van der Waals surface area contributed by atoms with Gasteiger partial charge in [0.1, 0.15) is 18.1 Å². The van der Waals surface area contributed by atoms with Gasteiger partial charge in [0.2, 0.25) is 0 Å². The molecule has 4 nitrogen and oxygen atoms in total. The Morgan fingerprint density at radius 2 is 1.77 bits per heavy atom. The van der Waals surface area contributed by atoms with Gasteiger partial charge in [0, 0.05) is 0 Å². The van der Waals surface area contributed by atoms with Gasteiger partial charge in [-0.2, -0.15) is 8.78 Å². The summed E-state index contributed by atoms with van der Waals surface area (Å²) in [4.78, 5) is 11.4. The smallest absolute Gasteiger partial charge is 0.387 e. The van der Waals surface area contributed by atoms with Gasteiger partial charge >= 0.3 is 12.6 Å². The van der Waals surface area contributed by atoms with Crippen LogP contribution in [0.3, 0.4) is 0 Å². The van der Waals surface area contributed by atoms with E-state index in [2.05, 4.69) is 30.7 Å². The molecule has 2 aliphatic rings. The zero-order valence-electron chi connectivity index (χ0n) is 22.5. The molecule has 0 unspecified atom stereocenters. The van der Waals surface area contributed by atoms with Gasteiger partial charge in [-0.1, -0.05) is 62.7 Å². The molecule has 0 radical (unpaired) electrons. The molecule has 3 aromatic rings. The van der Waals surface area contributed by atoms with E-state index in [1.54, 1.807) is 18.2 Å². The normalized spacial score (nSPS) is 19.2. The van der Waals surface area contributed by atoms with Crippen LogP contribution in [-0.2, 0) is 11.4 Å². The van der Waals surface area contributed by atoms with Crippen LogP contribution in [0.5, 0.6) is 11.5 Å². The summed E-state index contributed by atoms with van der Waals surface area (Å²) < 4.78 is 36.6. The lowest BCUT2D eigenvalue weighted by molar-refractivity contribution is -0.137. The molecule has 0 aromatic heterocycles. The maximum absolute atomic E-state index is 12.9. The van der Waals surface area contributed by atoms with Gasteiger partial charge in [-0.15, -0.1) is 0 Å². The number of alkyl halides is 2. The zero-order chi connectivity index (χ0) is 27.6. The number of hydrogen-bond donors (Lipinski definition) is 1. The molecule has 3 aromatic carbocycles. The van der Waals surface area contributed by atoms with Crippen molar-refractivity contribution >= 4 is 5.97 Å². The molecule has 39 heavy (non-hydrogen) atoms. The molecule has 0 saturated heterocycles. The first kappa shape index (κ1) is 27.2. The number of benzene rings is 3. The predicted molar refractivity (Wildman–Crippen MR) is 147 cm³/mol. The summed E-state index contributed by atoms with van der Waals surface area (Å²) in [7, 11) is 0. The number of aliphatic carboxylic acids is 1. The molecule has 0 bridgehead atoms. The molecule has 6 heteroatoms. The molecule has 2 saturated carbocycles. The Morgan fingerprint density at radius 1 is 1.00 bits per heavy atom. The van der Waals surface area contributed by atoms with Gasteiger partial charge in [-0.25, -0.2) is 0 Å².